The molecule has 0 saturated carbocycles. The molecule has 1 N–H and O–H groups in total. The van der Waals surface area contributed by atoms with Crippen LogP contribution in [-0.4, -0.2) is 44.2 Å². The van der Waals surface area contributed by atoms with Crippen molar-refractivity contribution in [2.24, 2.45) is 0 Å². The number of nitrogens with zero attached hydrogens (tertiary/aromatic N) is 1. The number of carbonyl (C=O) groups is 3. The van der Waals surface area contributed by atoms with Gasteiger partial charge in [-0.2, -0.15) is 0 Å². The van der Waals surface area contributed by atoms with Gasteiger partial charge in [0.2, 0.25) is 5.91 Å². The van der Waals surface area contributed by atoms with E-state index in [9.17, 15) is 22.8 Å². The summed E-state index contributed by atoms with van der Waals surface area (Å²) in [5.41, 5.74) is 0.537. The topological polar surface area (TPSA) is 110 Å². The number of sulfonamides is 1. The Labute approximate surface area is 149 Å². The lowest BCUT2D eigenvalue weighted by molar-refractivity contribution is -0.116. The number of rotatable bonds is 4. The highest BCUT2D eigenvalue weighted by atomic mass is 32.2. The van der Waals surface area contributed by atoms with Crippen LogP contribution in [0.5, 0.6) is 0 Å². The number of amides is 2. The molecule has 0 saturated heterocycles. The number of hydrogen-bond acceptors (Lipinski definition) is 6. The summed E-state index contributed by atoms with van der Waals surface area (Å²) in [6, 6.07) is 11.7. The fourth-order valence-electron chi connectivity index (χ4n) is 2.56. The molecule has 2 aromatic carbocycles. The molecule has 0 aliphatic carbocycles. The van der Waals surface area contributed by atoms with Crippen molar-refractivity contribution in [1.29, 1.82) is 0 Å². The van der Waals surface area contributed by atoms with Gasteiger partial charge < -0.3 is 10.1 Å². The van der Waals surface area contributed by atoms with Crippen molar-refractivity contribution in [1.82, 2.24) is 4.31 Å². The average molecular weight is 374 g/mol. The number of benzene rings is 2. The summed E-state index contributed by atoms with van der Waals surface area (Å²) in [7, 11) is -2.83. The molecule has 0 aromatic heterocycles. The maximum atomic E-state index is 12.4. The number of esters is 1. The number of ether oxygens (including phenoxy) is 1. The van der Waals surface area contributed by atoms with Gasteiger partial charge in [-0.15, -0.1) is 0 Å². The maximum Gasteiger partial charge on any atom is 0.337 e. The van der Waals surface area contributed by atoms with E-state index in [4.69, 9.17) is 0 Å². The highest BCUT2D eigenvalue weighted by molar-refractivity contribution is 7.90. The van der Waals surface area contributed by atoms with E-state index in [1.807, 2.05) is 0 Å². The highest BCUT2D eigenvalue weighted by Crippen LogP contribution is 2.29. The zero-order valence-corrected chi connectivity index (χ0v) is 14.4. The van der Waals surface area contributed by atoms with Crippen molar-refractivity contribution >= 4 is 33.5 Å². The Balaban J connectivity index is 1.78. The lowest BCUT2D eigenvalue weighted by Crippen LogP contribution is -2.37. The van der Waals surface area contributed by atoms with Gasteiger partial charge >= 0.3 is 5.97 Å². The van der Waals surface area contributed by atoms with Gasteiger partial charge in [0.05, 0.1) is 18.2 Å². The van der Waals surface area contributed by atoms with Crippen LogP contribution < -0.4 is 5.32 Å². The minimum atomic E-state index is -4.06. The first-order valence-corrected chi connectivity index (χ1v) is 8.93. The van der Waals surface area contributed by atoms with Crippen LogP contribution in [0.25, 0.3) is 0 Å². The monoisotopic (exact) mass is 374 g/mol. The molecule has 26 heavy (non-hydrogen) atoms. The fraction of sp³-hybridized carbons (Fsp3) is 0.118. The van der Waals surface area contributed by atoms with Crippen molar-refractivity contribution in [3.05, 3.63) is 59.7 Å². The van der Waals surface area contributed by atoms with Crippen molar-refractivity contribution in [3.63, 3.8) is 0 Å². The number of methoxy groups -OCH3 is 1. The predicted molar refractivity (Wildman–Crippen MR) is 91.1 cm³/mol. The average Bonchev–Trinajstić information content (AvgIpc) is 2.82. The van der Waals surface area contributed by atoms with E-state index in [-0.39, 0.29) is 21.7 Å². The summed E-state index contributed by atoms with van der Waals surface area (Å²) in [6.45, 7) is -0.668. The fourth-order valence-corrected chi connectivity index (χ4v) is 4.09. The molecule has 0 unspecified atom stereocenters. The molecule has 1 aliphatic heterocycles. The van der Waals surface area contributed by atoms with Gasteiger partial charge in [0, 0.05) is 5.69 Å². The largest absolute Gasteiger partial charge is 0.465 e. The second kappa shape index (κ2) is 6.60. The highest BCUT2D eigenvalue weighted by Gasteiger charge is 2.41. The van der Waals surface area contributed by atoms with Gasteiger partial charge in [0.25, 0.3) is 15.9 Å². The molecule has 3 rings (SSSR count). The molecule has 0 radical (unpaired) electrons. The number of fused-ring (bicyclic) bond motifs is 1. The number of hydrogen-bond donors (Lipinski definition) is 1. The van der Waals surface area contributed by atoms with Gasteiger partial charge in [0.15, 0.2) is 0 Å². The quantitative estimate of drug-likeness (QED) is 0.807. The molecule has 134 valence electrons. The lowest BCUT2D eigenvalue weighted by Gasteiger charge is -2.15. The van der Waals surface area contributed by atoms with Gasteiger partial charge in [0.1, 0.15) is 11.4 Å². The molecule has 1 aliphatic rings. The molecule has 0 spiro atoms. The van der Waals surface area contributed by atoms with Crippen molar-refractivity contribution in [3.8, 4) is 0 Å². The van der Waals surface area contributed by atoms with E-state index in [0.717, 1.165) is 0 Å². The summed E-state index contributed by atoms with van der Waals surface area (Å²) >= 11 is 0. The Morgan fingerprint density at radius 3 is 2.54 bits per heavy atom. The van der Waals surface area contributed by atoms with Crippen LogP contribution in [0.4, 0.5) is 5.69 Å². The molecule has 2 amide bonds. The van der Waals surface area contributed by atoms with E-state index in [0.29, 0.717) is 4.31 Å². The Morgan fingerprint density at radius 2 is 1.85 bits per heavy atom. The summed E-state index contributed by atoms with van der Waals surface area (Å²) < 4.78 is 30.0. The normalized spacial score (nSPS) is 14.7. The van der Waals surface area contributed by atoms with Gasteiger partial charge in [-0.05, 0) is 30.3 Å². The van der Waals surface area contributed by atoms with E-state index < -0.39 is 34.4 Å². The van der Waals surface area contributed by atoms with Crippen LogP contribution in [0.15, 0.2) is 53.4 Å². The van der Waals surface area contributed by atoms with E-state index in [1.165, 1.54) is 49.6 Å². The third-order valence-electron chi connectivity index (χ3n) is 3.77. The molecular formula is C17H14N2O6S. The molecule has 9 heteroatoms. The minimum Gasteiger partial charge on any atom is -0.465 e. The van der Waals surface area contributed by atoms with E-state index in [2.05, 4.69) is 10.1 Å². The Bertz CT molecular complexity index is 1020. The molecule has 1 heterocycles. The summed E-state index contributed by atoms with van der Waals surface area (Å²) in [5.74, 6) is -2.04. The molecule has 2 aromatic rings. The van der Waals surface area contributed by atoms with E-state index in [1.54, 1.807) is 6.07 Å². The summed E-state index contributed by atoms with van der Waals surface area (Å²) in [4.78, 5) is 35.9. The smallest absolute Gasteiger partial charge is 0.337 e. The zero-order valence-electron chi connectivity index (χ0n) is 13.6. The second-order valence-electron chi connectivity index (χ2n) is 5.43. The molecule has 0 atom stereocenters. The third-order valence-corrected chi connectivity index (χ3v) is 5.55. The van der Waals surface area contributed by atoms with Crippen molar-refractivity contribution in [2.75, 3.05) is 19.0 Å². The maximum absolute atomic E-state index is 12.4. The van der Waals surface area contributed by atoms with Crippen LogP contribution in [0.1, 0.15) is 20.7 Å². The first kappa shape index (κ1) is 17.6. The number of anilines is 1. The molecule has 0 fully saturated rings. The number of nitrogens with one attached hydrogen (secondary N) is 1. The first-order valence-electron chi connectivity index (χ1n) is 7.49. The minimum absolute atomic E-state index is 0.0352. The zero-order chi connectivity index (χ0) is 18.9. The Morgan fingerprint density at radius 1 is 1.12 bits per heavy atom. The number of carbonyl (C=O) groups excluding carboxylic acids is 3. The molecule has 8 nitrogen and oxygen atoms in total. The van der Waals surface area contributed by atoms with Crippen LogP contribution in [0.3, 0.4) is 0 Å². The predicted octanol–water partition coefficient (Wildman–Crippen LogP) is 1.26. The Hall–Kier alpha value is -3.20. The van der Waals surface area contributed by atoms with Crippen LogP contribution >= 0.6 is 0 Å². The van der Waals surface area contributed by atoms with Gasteiger partial charge in [-0.1, -0.05) is 18.2 Å². The lowest BCUT2D eigenvalue weighted by atomic mass is 10.2. The van der Waals surface area contributed by atoms with Crippen molar-refractivity contribution in [2.45, 2.75) is 4.90 Å². The third kappa shape index (κ3) is 3.04. The van der Waals surface area contributed by atoms with Gasteiger partial charge in [-0.3, -0.25) is 9.59 Å². The van der Waals surface area contributed by atoms with Crippen LogP contribution in [-0.2, 0) is 19.6 Å². The first-order chi connectivity index (χ1) is 12.3. The van der Waals surface area contributed by atoms with E-state index >= 15 is 0 Å². The van der Waals surface area contributed by atoms with Crippen molar-refractivity contribution < 1.29 is 27.5 Å². The molecular weight excluding hydrogens is 360 g/mol. The second-order valence-corrected chi connectivity index (χ2v) is 7.26. The standard InChI is InChI=1S/C17H14N2O6S/c1-25-17(22)11-5-4-6-12(9-11)18-15(20)10-19-16(21)13-7-2-3-8-14(13)26(19,23)24/h2-9H,10H2,1H3,(H,18,20). The SMILES string of the molecule is COC(=O)c1cccc(NC(=O)CN2C(=O)c3ccccc3S2(=O)=O)c1. The van der Waals surface area contributed by atoms with Crippen LogP contribution in [0.2, 0.25) is 0 Å². The van der Waals surface area contributed by atoms with Gasteiger partial charge in [-0.25, -0.2) is 17.5 Å². The summed E-state index contributed by atoms with van der Waals surface area (Å²) in [5, 5.41) is 2.47. The Kier molecular flexibility index (Phi) is 4.47. The molecule has 0 bridgehead atoms. The van der Waals surface area contributed by atoms with Crippen LogP contribution in [0, 0.1) is 0 Å². The summed E-state index contributed by atoms with van der Waals surface area (Å²) in [6.07, 6.45) is 0.